The summed E-state index contributed by atoms with van der Waals surface area (Å²) in [5, 5.41) is 21.7. The maximum atomic E-state index is 13.2. The van der Waals surface area contributed by atoms with Gasteiger partial charge in [-0.05, 0) is 35.9 Å². The van der Waals surface area contributed by atoms with Crippen LogP contribution in [0, 0.1) is 0 Å². The predicted molar refractivity (Wildman–Crippen MR) is 101 cm³/mol. The summed E-state index contributed by atoms with van der Waals surface area (Å²) in [5.41, 5.74) is 0.0477. The number of aromatic hydroxyl groups is 1. The molecule has 2 aromatic carbocycles. The van der Waals surface area contributed by atoms with Gasteiger partial charge in [0.2, 0.25) is 5.91 Å². The molecule has 0 aliphatic carbocycles. The van der Waals surface area contributed by atoms with E-state index in [0.717, 1.165) is 12.1 Å². The van der Waals surface area contributed by atoms with Crippen molar-refractivity contribution in [1.82, 2.24) is 4.57 Å². The van der Waals surface area contributed by atoms with Crippen molar-refractivity contribution >= 4 is 17.6 Å². The molecule has 4 rings (SSSR count). The van der Waals surface area contributed by atoms with Gasteiger partial charge in [0.15, 0.2) is 0 Å². The number of carboxylic acids is 1. The summed E-state index contributed by atoms with van der Waals surface area (Å²) >= 11 is 0. The van der Waals surface area contributed by atoms with Crippen LogP contribution in [0.1, 0.15) is 39.5 Å². The van der Waals surface area contributed by atoms with Crippen molar-refractivity contribution in [3.63, 3.8) is 0 Å². The lowest BCUT2D eigenvalue weighted by atomic mass is 9.88. The monoisotopic (exact) mass is 416 g/mol. The highest BCUT2D eigenvalue weighted by Crippen LogP contribution is 2.42. The van der Waals surface area contributed by atoms with Crippen LogP contribution in [0.4, 0.5) is 18.9 Å². The van der Waals surface area contributed by atoms with Gasteiger partial charge in [-0.3, -0.25) is 4.79 Å². The lowest BCUT2D eigenvalue weighted by Gasteiger charge is -2.26. The number of rotatable bonds is 3. The summed E-state index contributed by atoms with van der Waals surface area (Å²) in [5.74, 6) is -2.33. The Labute approximate surface area is 168 Å². The van der Waals surface area contributed by atoms with Crippen molar-refractivity contribution in [2.75, 3.05) is 5.32 Å². The molecule has 9 heteroatoms. The van der Waals surface area contributed by atoms with Crippen LogP contribution in [0.25, 0.3) is 5.69 Å². The largest absolute Gasteiger partial charge is 0.508 e. The molecule has 6 nitrogen and oxygen atoms in total. The Morgan fingerprint density at radius 2 is 1.83 bits per heavy atom. The van der Waals surface area contributed by atoms with Gasteiger partial charge >= 0.3 is 12.1 Å². The average Bonchev–Trinajstić information content (AvgIpc) is 3.07. The first-order valence-corrected chi connectivity index (χ1v) is 8.90. The molecule has 154 valence electrons. The Morgan fingerprint density at radius 3 is 2.47 bits per heavy atom. The topological polar surface area (TPSA) is 91.6 Å². The quantitative estimate of drug-likeness (QED) is 0.591. The maximum absolute atomic E-state index is 13.2. The Bertz CT molecular complexity index is 1150. The zero-order valence-electron chi connectivity index (χ0n) is 15.3. The minimum Gasteiger partial charge on any atom is -0.508 e. The number of phenolic OH excluding ortho intramolecular Hbond substituents is 1. The van der Waals surface area contributed by atoms with Crippen LogP contribution >= 0.6 is 0 Å². The second kappa shape index (κ2) is 6.94. The van der Waals surface area contributed by atoms with Crippen molar-refractivity contribution < 1.29 is 33.0 Å². The van der Waals surface area contributed by atoms with Gasteiger partial charge < -0.3 is 20.1 Å². The van der Waals surface area contributed by atoms with E-state index in [1.165, 1.54) is 35.0 Å². The Balaban J connectivity index is 1.95. The van der Waals surface area contributed by atoms with Gasteiger partial charge in [-0.25, -0.2) is 4.79 Å². The number of carbonyl (C=O) groups is 2. The number of benzene rings is 2. The third-order valence-electron chi connectivity index (χ3n) is 5.00. The third-order valence-corrected chi connectivity index (χ3v) is 5.00. The van der Waals surface area contributed by atoms with E-state index in [2.05, 4.69) is 5.32 Å². The molecule has 0 fully saturated rings. The van der Waals surface area contributed by atoms with Crippen LogP contribution < -0.4 is 5.32 Å². The predicted octanol–water partition coefficient (Wildman–Crippen LogP) is 4.37. The number of fused-ring (bicyclic) bond motifs is 1. The molecule has 1 aliphatic heterocycles. The van der Waals surface area contributed by atoms with E-state index in [-0.39, 0.29) is 29.1 Å². The van der Waals surface area contributed by atoms with Crippen LogP contribution in [0.5, 0.6) is 5.75 Å². The third kappa shape index (κ3) is 3.38. The summed E-state index contributed by atoms with van der Waals surface area (Å²) in [6, 6.07) is 10.6. The molecule has 0 bridgehead atoms. The molecule has 2 heterocycles. The molecule has 0 radical (unpaired) electrons. The number of hydrogen-bond donors (Lipinski definition) is 3. The van der Waals surface area contributed by atoms with Crippen LogP contribution in [0.15, 0.2) is 54.7 Å². The van der Waals surface area contributed by atoms with Crippen LogP contribution in [-0.2, 0) is 11.0 Å². The first-order valence-electron chi connectivity index (χ1n) is 8.90. The number of carboxylic acid groups (broad SMARTS) is 1. The number of anilines is 1. The van der Waals surface area contributed by atoms with Crippen molar-refractivity contribution in [3.8, 4) is 11.4 Å². The van der Waals surface area contributed by atoms with E-state index >= 15 is 0 Å². The minimum absolute atomic E-state index is 0.0127. The average molecular weight is 416 g/mol. The van der Waals surface area contributed by atoms with E-state index in [9.17, 15) is 33.0 Å². The zero-order chi connectivity index (χ0) is 21.6. The summed E-state index contributed by atoms with van der Waals surface area (Å²) in [6.45, 7) is 0. The van der Waals surface area contributed by atoms with Crippen molar-refractivity contribution in [2.45, 2.75) is 18.5 Å². The first-order chi connectivity index (χ1) is 14.1. The number of aromatic carboxylic acids is 1. The number of nitrogens with one attached hydrogen (secondary N) is 1. The number of halogens is 3. The highest BCUT2D eigenvalue weighted by Gasteiger charge is 2.35. The molecule has 0 saturated heterocycles. The highest BCUT2D eigenvalue weighted by molar-refractivity contribution is 6.04. The van der Waals surface area contributed by atoms with E-state index in [4.69, 9.17) is 0 Å². The molecule has 1 amide bonds. The zero-order valence-corrected chi connectivity index (χ0v) is 15.3. The summed E-state index contributed by atoms with van der Waals surface area (Å²) in [4.78, 5) is 24.0. The van der Waals surface area contributed by atoms with Crippen molar-refractivity contribution in [3.05, 3.63) is 77.1 Å². The Hall–Kier alpha value is -3.75. The first kappa shape index (κ1) is 19.6. The van der Waals surface area contributed by atoms with Gasteiger partial charge in [0, 0.05) is 24.2 Å². The molecule has 3 N–H and O–H groups in total. The fraction of sp³-hybridized carbons (Fsp3) is 0.143. The fourth-order valence-corrected chi connectivity index (χ4v) is 3.66. The van der Waals surface area contributed by atoms with E-state index in [0.29, 0.717) is 11.3 Å². The molecule has 3 aromatic rings. The lowest BCUT2D eigenvalue weighted by molar-refractivity contribution is -0.137. The molecule has 30 heavy (non-hydrogen) atoms. The van der Waals surface area contributed by atoms with Crippen molar-refractivity contribution in [2.24, 2.45) is 0 Å². The SMILES string of the molecule is O=C1CC(c2ccc(O)cc2)c2c(c(C(=O)O)cn2-c2cccc(C(F)(F)F)c2)N1. The smallest absolute Gasteiger partial charge is 0.416 e. The number of hydrogen-bond acceptors (Lipinski definition) is 3. The van der Waals surface area contributed by atoms with Gasteiger partial charge in [-0.2, -0.15) is 13.2 Å². The number of alkyl halides is 3. The molecule has 1 atom stereocenters. The number of nitrogens with zero attached hydrogens (tertiary/aromatic N) is 1. The molecule has 1 aliphatic rings. The lowest BCUT2D eigenvalue weighted by Crippen LogP contribution is -2.25. The van der Waals surface area contributed by atoms with E-state index in [1.807, 2.05) is 0 Å². The molecule has 0 saturated carbocycles. The Morgan fingerprint density at radius 1 is 1.13 bits per heavy atom. The Kier molecular flexibility index (Phi) is 4.53. The number of aromatic nitrogens is 1. The normalized spacial score (nSPS) is 16.1. The fourth-order valence-electron chi connectivity index (χ4n) is 3.66. The molecular formula is C21H15F3N2O4. The number of amides is 1. The summed E-state index contributed by atoms with van der Waals surface area (Å²) in [7, 11) is 0. The molecular weight excluding hydrogens is 401 g/mol. The second-order valence-electron chi connectivity index (χ2n) is 6.92. The number of carbonyl (C=O) groups excluding carboxylic acids is 1. The molecule has 1 unspecified atom stereocenters. The summed E-state index contributed by atoms with van der Waals surface area (Å²) in [6.07, 6.45) is -3.38. The summed E-state index contributed by atoms with van der Waals surface area (Å²) < 4.78 is 41.0. The minimum atomic E-state index is -4.57. The maximum Gasteiger partial charge on any atom is 0.416 e. The van der Waals surface area contributed by atoms with Gasteiger partial charge in [0.25, 0.3) is 0 Å². The van der Waals surface area contributed by atoms with Gasteiger partial charge in [0.1, 0.15) is 11.3 Å². The molecule has 0 spiro atoms. The number of phenols is 1. The van der Waals surface area contributed by atoms with Crippen LogP contribution in [0.2, 0.25) is 0 Å². The van der Waals surface area contributed by atoms with Crippen molar-refractivity contribution in [1.29, 1.82) is 0 Å². The van der Waals surface area contributed by atoms with Crippen LogP contribution in [0.3, 0.4) is 0 Å². The molecule has 1 aromatic heterocycles. The highest BCUT2D eigenvalue weighted by atomic mass is 19.4. The van der Waals surface area contributed by atoms with Gasteiger partial charge in [0.05, 0.1) is 16.9 Å². The van der Waals surface area contributed by atoms with Crippen LogP contribution in [-0.4, -0.2) is 26.7 Å². The van der Waals surface area contributed by atoms with Gasteiger partial charge in [-0.15, -0.1) is 0 Å². The van der Waals surface area contributed by atoms with E-state index < -0.39 is 29.5 Å². The van der Waals surface area contributed by atoms with E-state index in [1.54, 1.807) is 12.1 Å². The standard InChI is InChI=1S/C21H15F3N2O4/c22-21(23,24)12-2-1-3-13(8-12)26-10-16(20(29)30)18-19(26)15(9-17(28)25-18)11-4-6-14(27)7-5-11/h1-8,10,15,27H,9H2,(H,25,28)(H,29,30). The second-order valence-corrected chi connectivity index (χ2v) is 6.92. The van der Waals surface area contributed by atoms with Gasteiger partial charge in [-0.1, -0.05) is 18.2 Å².